The summed E-state index contributed by atoms with van der Waals surface area (Å²) in [6.07, 6.45) is 6.19. The summed E-state index contributed by atoms with van der Waals surface area (Å²) in [5.74, 6) is 0. The van der Waals surface area contributed by atoms with Crippen LogP contribution < -0.4 is 11.1 Å². The van der Waals surface area contributed by atoms with Crippen LogP contribution in [0.4, 0.5) is 5.13 Å². The maximum absolute atomic E-state index is 5.03. The standard InChI is InChI=1S/C8H12N2S.C3H9N/c1-9-8-10-6-4-2-3-5-7(6)11-8;1-2-3-4/h2-5H2,1H3,(H,9,10);2-4H2,1H3. The third-order valence-corrected chi connectivity index (χ3v) is 3.52. The Hall–Kier alpha value is -0.610. The van der Waals surface area contributed by atoms with E-state index in [4.69, 9.17) is 5.73 Å². The van der Waals surface area contributed by atoms with Crippen molar-refractivity contribution in [3.05, 3.63) is 10.6 Å². The maximum atomic E-state index is 5.03. The number of hydrogen-bond donors (Lipinski definition) is 2. The molecule has 15 heavy (non-hydrogen) atoms. The second kappa shape index (κ2) is 6.80. The average Bonchev–Trinajstić information content (AvgIpc) is 2.72. The van der Waals surface area contributed by atoms with Crippen LogP contribution in [0.1, 0.15) is 36.8 Å². The van der Waals surface area contributed by atoms with Crippen LogP contribution >= 0.6 is 11.3 Å². The van der Waals surface area contributed by atoms with E-state index in [2.05, 4.69) is 17.2 Å². The molecule has 0 unspecified atom stereocenters. The second-order valence-corrected chi connectivity index (χ2v) is 4.72. The highest BCUT2D eigenvalue weighted by Gasteiger charge is 2.13. The molecule has 0 amide bonds. The Bertz CT molecular complexity index is 258. The molecule has 0 aliphatic heterocycles. The number of thiazole rings is 1. The predicted molar refractivity (Wildman–Crippen MR) is 67.6 cm³/mol. The number of aryl methyl sites for hydroxylation is 2. The van der Waals surface area contributed by atoms with Gasteiger partial charge in [-0.1, -0.05) is 6.92 Å². The normalized spacial score (nSPS) is 13.8. The Labute approximate surface area is 96.1 Å². The number of hydrogen-bond acceptors (Lipinski definition) is 4. The lowest BCUT2D eigenvalue weighted by molar-refractivity contribution is 0.682. The van der Waals surface area contributed by atoms with Gasteiger partial charge in [0.1, 0.15) is 0 Å². The molecule has 3 nitrogen and oxygen atoms in total. The smallest absolute Gasteiger partial charge is 0.182 e. The minimum Gasteiger partial charge on any atom is -0.365 e. The largest absolute Gasteiger partial charge is 0.365 e. The summed E-state index contributed by atoms with van der Waals surface area (Å²) in [5, 5.41) is 4.17. The highest BCUT2D eigenvalue weighted by atomic mass is 32.1. The molecule has 0 saturated heterocycles. The second-order valence-electron chi connectivity index (χ2n) is 3.63. The van der Waals surface area contributed by atoms with Crippen LogP contribution in [0.15, 0.2) is 0 Å². The molecular formula is C11H21N3S. The molecule has 3 N–H and O–H groups in total. The van der Waals surface area contributed by atoms with Gasteiger partial charge in [-0.2, -0.15) is 0 Å². The summed E-state index contributed by atoms with van der Waals surface area (Å²) in [6, 6.07) is 0. The van der Waals surface area contributed by atoms with Crippen LogP contribution in [0.5, 0.6) is 0 Å². The molecule has 0 bridgehead atoms. The van der Waals surface area contributed by atoms with Crippen LogP contribution in [0.25, 0.3) is 0 Å². The fourth-order valence-electron chi connectivity index (χ4n) is 1.46. The molecular weight excluding hydrogens is 206 g/mol. The van der Waals surface area contributed by atoms with E-state index < -0.39 is 0 Å². The SMILES string of the molecule is CCCN.CNc1nc2c(s1)CCCC2. The highest BCUT2D eigenvalue weighted by Crippen LogP contribution is 2.28. The molecule has 86 valence electrons. The van der Waals surface area contributed by atoms with Gasteiger partial charge in [-0.3, -0.25) is 0 Å². The average molecular weight is 227 g/mol. The van der Waals surface area contributed by atoms with Crippen molar-refractivity contribution in [1.82, 2.24) is 4.98 Å². The zero-order chi connectivity index (χ0) is 11.1. The van der Waals surface area contributed by atoms with Gasteiger partial charge >= 0.3 is 0 Å². The van der Waals surface area contributed by atoms with Crippen molar-refractivity contribution in [3.8, 4) is 0 Å². The Morgan fingerprint density at radius 1 is 1.40 bits per heavy atom. The Balaban J connectivity index is 0.000000245. The van der Waals surface area contributed by atoms with Gasteiger partial charge in [0, 0.05) is 11.9 Å². The first-order valence-electron chi connectivity index (χ1n) is 5.68. The van der Waals surface area contributed by atoms with E-state index in [0.717, 1.165) is 18.1 Å². The van der Waals surface area contributed by atoms with Gasteiger partial charge in [-0.25, -0.2) is 4.98 Å². The van der Waals surface area contributed by atoms with Gasteiger partial charge in [0.2, 0.25) is 0 Å². The van der Waals surface area contributed by atoms with Crippen LogP contribution in [0.2, 0.25) is 0 Å². The third kappa shape index (κ3) is 3.80. The monoisotopic (exact) mass is 227 g/mol. The molecule has 1 aromatic rings. The minimum atomic E-state index is 0.819. The van der Waals surface area contributed by atoms with Crippen molar-refractivity contribution in [3.63, 3.8) is 0 Å². The Kier molecular flexibility index (Phi) is 5.65. The van der Waals surface area contributed by atoms with Crippen LogP contribution in [0.3, 0.4) is 0 Å². The van der Waals surface area contributed by atoms with E-state index in [1.165, 1.54) is 36.3 Å². The number of nitrogens with zero attached hydrogens (tertiary/aromatic N) is 1. The van der Waals surface area contributed by atoms with E-state index in [9.17, 15) is 0 Å². The van der Waals surface area contributed by atoms with E-state index in [0.29, 0.717) is 0 Å². The summed E-state index contributed by atoms with van der Waals surface area (Å²) in [6.45, 7) is 2.88. The number of anilines is 1. The van der Waals surface area contributed by atoms with Crippen molar-refractivity contribution < 1.29 is 0 Å². The molecule has 1 heterocycles. The summed E-state index contributed by atoms with van der Waals surface area (Å²) in [4.78, 5) is 5.98. The first-order chi connectivity index (χ1) is 7.31. The molecule has 0 aromatic carbocycles. The van der Waals surface area contributed by atoms with E-state index in [1.807, 2.05) is 18.4 Å². The van der Waals surface area contributed by atoms with Gasteiger partial charge in [-0.15, -0.1) is 11.3 Å². The lowest BCUT2D eigenvalue weighted by Crippen LogP contribution is -1.99. The number of nitrogens with one attached hydrogen (secondary N) is 1. The maximum Gasteiger partial charge on any atom is 0.182 e. The molecule has 2 rings (SSSR count). The zero-order valence-corrected chi connectivity index (χ0v) is 10.5. The summed E-state index contributed by atoms with van der Waals surface area (Å²) in [7, 11) is 1.93. The molecule has 1 aliphatic carbocycles. The van der Waals surface area contributed by atoms with Crippen molar-refractivity contribution in [2.24, 2.45) is 5.73 Å². The molecule has 4 heteroatoms. The highest BCUT2D eigenvalue weighted by molar-refractivity contribution is 7.15. The lowest BCUT2D eigenvalue weighted by Gasteiger charge is -2.06. The lowest BCUT2D eigenvalue weighted by atomic mass is 10.0. The first kappa shape index (κ1) is 12.5. The van der Waals surface area contributed by atoms with Crippen molar-refractivity contribution >= 4 is 16.5 Å². The number of rotatable bonds is 2. The van der Waals surface area contributed by atoms with Crippen molar-refractivity contribution in [1.29, 1.82) is 0 Å². The van der Waals surface area contributed by atoms with Gasteiger partial charge in [0.25, 0.3) is 0 Å². The fourth-order valence-corrected chi connectivity index (χ4v) is 2.46. The molecule has 1 aliphatic rings. The Morgan fingerprint density at radius 2 is 2.07 bits per heavy atom. The van der Waals surface area contributed by atoms with Gasteiger partial charge in [0.05, 0.1) is 5.69 Å². The first-order valence-corrected chi connectivity index (χ1v) is 6.49. The molecule has 1 aromatic heterocycles. The topological polar surface area (TPSA) is 50.9 Å². The predicted octanol–water partition coefficient (Wildman–Crippen LogP) is 2.42. The van der Waals surface area contributed by atoms with E-state index >= 15 is 0 Å². The minimum absolute atomic E-state index is 0.819. The zero-order valence-electron chi connectivity index (χ0n) is 9.68. The molecule has 0 spiro atoms. The Morgan fingerprint density at radius 3 is 2.60 bits per heavy atom. The molecule has 0 radical (unpaired) electrons. The van der Waals surface area contributed by atoms with Crippen LogP contribution in [0, 0.1) is 0 Å². The summed E-state index contributed by atoms with van der Waals surface area (Å²) in [5.41, 5.74) is 6.37. The van der Waals surface area contributed by atoms with Crippen molar-refractivity contribution in [2.75, 3.05) is 18.9 Å². The van der Waals surface area contributed by atoms with E-state index in [1.54, 1.807) is 0 Å². The van der Waals surface area contributed by atoms with E-state index in [-0.39, 0.29) is 0 Å². The number of fused-ring (bicyclic) bond motifs is 1. The number of nitrogens with two attached hydrogens (primary N) is 1. The van der Waals surface area contributed by atoms with Gasteiger partial charge in [0.15, 0.2) is 5.13 Å². The van der Waals surface area contributed by atoms with Crippen LogP contribution in [-0.4, -0.2) is 18.6 Å². The summed E-state index contributed by atoms with van der Waals surface area (Å²) < 4.78 is 0. The molecule has 0 saturated carbocycles. The molecule has 0 atom stereocenters. The third-order valence-electron chi connectivity index (χ3n) is 2.35. The fraction of sp³-hybridized carbons (Fsp3) is 0.727. The van der Waals surface area contributed by atoms with Crippen molar-refractivity contribution in [2.45, 2.75) is 39.0 Å². The molecule has 0 fully saturated rings. The van der Waals surface area contributed by atoms with Crippen LogP contribution in [-0.2, 0) is 12.8 Å². The number of aromatic nitrogens is 1. The quantitative estimate of drug-likeness (QED) is 0.816. The van der Waals surface area contributed by atoms with Gasteiger partial charge in [-0.05, 0) is 38.6 Å². The van der Waals surface area contributed by atoms with Gasteiger partial charge < -0.3 is 11.1 Å². The summed E-state index contributed by atoms with van der Waals surface area (Å²) >= 11 is 1.81.